The standard InChI is InChI=1S/C17H17N3O6/c1-11-13(16(20-25-11)12-5-3-2-4-6-12)10-23-14-9-15(26-19-14)24-17(22)18-7-8-21/h2-6,9,21H,7-8,10H2,1H3,(H,18,22). The molecule has 0 saturated carbocycles. The van der Waals surface area contributed by atoms with E-state index in [0.717, 1.165) is 11.1 Å². The summed E-state index contributed by atoms with van der Waals surface area (Å²) in [5.41, 5.74) is 2.38. The molecule has 0 unspecified atom stereocenters. The van der Waals surface area contributed by atoms with Gasteiger partial charge in [-0.1, -0.05) is 35.5 Å². The minimum absolute atomic E-state index is 0.0748. The zero-order chi connectivity index (χ0) is 18.4. The Kier molecular flexibility index (Phi) is 5.49. The van der Waals surface area contributed by atoms with E-state index in [1.807, 2.05) is 30.3 Å². The Morgan fingerprint density at radius 2 is 2.04 bits per heavy atom. The van der Waals surface area contributed by atoms with Crippen molar-refractivity contribution in [3.05, 3.63) is 47.7 Å². The molecule has 1 amide bonds. The molecule has 0 saturated heterocycles. The fraction of sp³-hybridized carbons (Fsp3) is 0.235. The molecule has 3 rings (SSSR count). The van der Waals surface area contributed by atoms with Crippen molar-refractivity contribution in [2.24, 2.45) is 0 Å². The maximum Gasteiger partial charge on any atom is 0.415 e. The van der Waals surface area contributed by atoms with Gasteiger partial charge in [-0.15, -0.1) is 0 Å². The summed E-state index contributed by atoms with van der Waals surface area (Å²) >= 11 is 0. The van der Waals surface area contributed by atoms with Gasteiger partial charge in [-0.05, 0) is 12.1 Å². The average Bonchev–Trinajstić information content (AvgIpc) is 3.25. The predicted molar refractivity (Wildman–Crippen MR) is 88.6 cm³/mol. The minimum atomic E-state index is -0.761. The first-order chi connectivity index (χ1) is 12.7. The molecule has 9 nitrogen and oxygen atoms in total. The van der Waals surface area contributed by atoms with E-state index in [0.29, 0.717) is 11.5 Å². The van der Waals surface area contributed by atoms with E-state index in [1.54, 1.807) is 6.92 Å². The van der Waals surface area contributed by atoms with Crippen LogP contribution in [0.25, 0.3) is 11.3 Å². The normalized spacial score (nSPS) is 10.5. The number of aliphatic hydroxyl groups excluding tert-OH is 1. The zero-order valence-corrected chi connectivity index (χ0v) is 14.0. The highest BCUT2D eigenvalue weighted by molar-refractivity contribution is 5.69. The first-order valence-corrected chi connectivity index (χ1v) is 7.84. The number of benzene rings is 1. The Morgan fingerprint density at radius 1 is 1.23 bits per heavy atom. The highest BCUT2D eigenvalue weighted by Gasteiger charge is 2.17. The fourth-order valence-electron chi connectivity index (χ4n) is 2.18. The first kappa shape index (κ1) is 17.5. The number of carbonyl (C=O) groups is 1. The van der Waals surface area contributed by atoms with Crippen LogP contribution in [0.1, 0.15) is 11.3 Å². The van der Waals surface area contributed by atoms with Gasteiger partial charge in [0.2, 0.25) is 0 Å². The number of ether oxygens (including phenoxy) is 2. The van der Waals surface area contributed by atoms with Crippen LogP contribution >= 0.6 is 0 Å². The van der Waals surface area contributed by atoms with Gasteiger partial charge in [0, 0.05) is 12.1 Å². The van der Waals surface area contributed by atoms with Crippen LogP contribution in [0.5, 0.6) is 11.8 Å². The number of nitrogens with zero attached hydrogens (tertiary/aromatic N) is 2. The first-order valence-electron chi connectivity index (χ1n) is 7.84. The number of nitrogens with one attached hydrogen (secondary N) is 1. The third kappa shape index (κ3) is 4.19. The monoisotopic (exact) mass is 359 g/mol. The molecule has 0 aliphatic rings. The molecule has 1 aromatic carbocycles. The van der Waals surface area contributed by atoms with Crippen LogP contribution in [0.2, 0.25) is 0 Å². The molecule has 0 spiro atoms. The number of aryl methyl sites for hydroxylation is 1. The third-order valence-electron chi connectivity index (χ3n) is 3.44. The Balaban J connectivity index is 1.64. The number of carbonyl (C=O) groups excluding carboxylic acids is 1. The highest BCUT2D eigenvalue weighted by Crippen LogP contribution is 2.27. The molecule has 9 heteroatoms. The summed E-state index contributed by atoms with van der Waals surface area (Å²) in [4.78, 5) is 11.4. The van der Waals surface area contributed by atoms with E-state index in [4.69, 9.17) is 23.6 Å². The van der Waals surface area contributed by atoms with E-state index in [1.165, 1.54) is 6.07 Å². The van der Waals surface area contributed by atoms with Crippen LogP contribution in [-0.4, -0.2) is 34.7 Å². The number of hydrogen-bond donors (Lipinski definition) is 2. The number of amides is 1. The van der Waals surface area contributed by atoms with Crippen LogP contribution < -0.4 is 14.8 Å². The molecular weight excluding hydrogens is 342 g/mol. The van der Waals surface area contributed by atoms with Crippen molar-refractivity contribution in [3.8, 4) is 23.1 Å². The lowest BCUT2D eigenvalue weighted by Crippen LogP contribution is -2.29. The second-order valence-corrected chi connectivity index (χ2v) is 5.24. The lowest BCUT2D eigenvalue weighted by Gasteiger charge is -2.03. The molecule has 0 aliphatic heterocycles. The van der Waals surface area contributed by atoms with Gasteiger partial charge in [0.15, 0.2) is 0 Å². The molecule has 0 aliphatic carbocycles. The summed E-state index contributed by atoms with van der Waals surface area (Å²) in [5, 5.41) is 18.7. The number of hydrogen-bond acceptors (Lipinski definition) is 8. The molecule has 0 radical (unpaired) electrons. The maximum atomic E-state index is 11.4. The van der Waals surface area contributed by atoms with Crippen LogP contribution in [-0.2, 0) is 6.61 Å². The van der Waals surface area contributed by atoms with Gasteiger partial charge in [-0.2, -0.15) is 0 Å². The quantitative estimate of drug-likeness (QED) is 0.659. The summed E-state index contributed by atoms with van der Waals surface area (Å²) in [6.45, 7) is 1.83. The molecule has 136 valence electrons. The maximum absolute atomic E-state index is 11.4. The summed E-state index contributed by atoms with van der Waals surface area (Å²) in [7, 11) is 0. The van der Waals surface area contributed by atoms with Crippen molar-refractivity contribution in [1.29, 1.82) is 0 Å². The molecule has 2 heterocycles. The van der Waals surface area contributed by atoms with Crippen molar-refractivity contribution < 1.29 is 28.4 Å². The van der Waals surface area contributed by atoms with Gasteiger partial charge >= 0.3 is 12.0 Å². The van der Waals surface area contributed by atoms with E-state index in [9.17, 15) is 4.79 Å². The Labute approximate surface area is 148 Å². The zero-order valence-electron chi connectivity index (χ0n) is 14.0. The van der Waals surface area contributed by atoms with Crippen molar-refractivity contribution >= 4 is 6.09 Å². The third-order valence-corrected chi connectivity index (χ3v) is 3.44. The van der Waals surface area contributed by atoms with Gasteiger partial charge in [-0.25, -0.2) is 4.79 Å². The highest BCUT2D eigenvalue weighted by atomic mass is 16.7. The molecule has 2 aromatic heterocycles. The van der Waals surface area contributed by atoms with E-state index < -0.39 is 6.09 Å². The predicted octanol–water partition coefficient (Wildman–Crippen LogP) is 2.30. The van der Waals surface area contributed by atoms with Gasteiger partial charge in [0.05, 0.1) is 18.2 Å². The van der Waals surface area contributed by atoms with Crippen LogP contribution in [0.3, 0.4) is 0 Å². The Morgan fingerprint density at radius 3 is 2.81 bits per heavy atom. The topological polar surface area (TPSA) is 120 Å². The molecular formula is C17H17N3O6. The van der Waals surface area contributed by atoms with Crippen molar-refractivity contribution in [2.45, 2.75) is 13.5 Å². The smallest absolute Gasteiger partial charge is 0.415 e. The molecule has 3 aromatic rings. The van der Waals surface area contributed by atoms with E-state index in [-0.39, 0.29) is 31.6 Å². The summed E-state index contributed by atoms with van der Waals surface area (Å²) < 4.78 is 20.6. The number of aromatic nitrogens is 2. The van der Waals surface area contributed by atoms with Crippen molar-refractivity contribution in [1.82, 2.24) is 15.6 Å². The van der Waals surface area contributed by atoms with Gasteiger partial charge in [0.25, 0.3) is 5.88 Å². The van der Waals surface area contributed by atoms with E-state index >= 15 is 0 Å². The number of rotatable bonds is 7. The van der Waals surface area contributed by atoms with Crippen molar-refractivity contribution in [3.63, 3.8) is 0 Å². The van der Waals surface area contributed by atoms with Crippen molar-refractivity contribution in [2.75, 3.05) is 13.2 Å². The molecule has 2 N–H and O–H groups in total. The molecule has 0 atom stereocenters. The lowest BCUT2D eigenvalue weighted by atomic mass is 10.1. The Hall–Kier alpha value is -3.33. The molecule has 26 heavy (non-hydrogen) atoms. The summed E-state index contributed by atoms with van der Waals surface area (Å²) in [6, 6.07) is 10.9. The van der Waals surface area contributed by atoms with Crippen LogP contribution in [0.15, 0.2) is 45.4 Å². The van der Waals surface area contributed by atoms with Gasteiger partial charge < -0.3 is 28.9 Å². The minimum Gasteiger partial charge on any atom is -0.470 e. The molecule has 0 bridgehead atoms. The average molecular weight is 359 g/mol. The SMILES string of the molecule is Cc1onc(-c2ccccc2)c1COc1cc(OC(=O)NCCO)on1. The fourth-order valence-corrected chi connectivity index (χ4v) is 2.18. The summed E-state index contributed by atoms with van der Waals surface area (Å²) in [5.74, 6) is 0.655. The van der Waals surface area contributed by atoms with Gasteiger partial charge in [-0.3, -0.25) is 0 Å². The second-order valence-electron chi connectivity index (χ2n) is 5.24. The molecule has 0 fully saturated rings. The number of aliphatic hydroxyl groups is 1. The Bertz CT molecular complexity index is 859. The lowest BCUT2D eigenvalue weighted by molar-refractivity contribution is 0.175. The van der Waals surface area contributed by atoms with Gasteiger partial charge in [0.1, 0.15) is 18.1 Å². The van der Waals surface area contributed by atoms with E-state index in [2.05, 4.69) is 15.6 Å². The van der Waals surface area contributed by atoms with Crippen LogP contribution in [0.4, 0.5) is 4.79 Å². The largest absolute Gasteiger partial charge is 0.470 e. The second kappa shape index (κ2) is 8.17. The summed E-state index contributed by atoms with van der Waals surface area (Å²) in [6.07, 6.45) is -0.761. The van der Waals surface area contributed by atoms with Crippen LogP contribution in [0, 0.1) is 6.92 Å².